The van der Waals surface area contributed by atoms with Crippen molar-refractivity contribution in [2.24, 2.45) is 0 Å². The highest BCUT2D eigenvalue weighted by Gasteiger charge is 2.32. The first-order valence-corrected chi connectivity index (χ1v) is 7.58. The second kappa shape index (κ2) is 5.39. The number of amides is 1. The molecular formula is C16H18F3N3O2. The number of ether oxygens (including phenoxy) is 1. The van der Waals surface area contributed by atoms with E-state index in [1.165, 1.54) is 0 Å². The molecule has 0 aromatic carbocycles. The lowest BCUT2D eigenvalue weighted by Gasteiger charge is -2.31. The van der Waals surface area contributed by atoms with E-state index in [1.54, 1.807) is 31.7 Å². The summed E-state index contributed by atoms with van der Waals surface area (Å²) in [5.74, 6) is 0. The molecule has 1 amide bonds. The van der Waals surface area contributed by atoms with Crippen LogP contribution in [0.5, 0.6) is 0 Å². The van der Waals surface area contributed by atoms with Crippen LogP contribution < -0.4 is 0 Å². The topological polar surface area (TPSA) is 47.4 Å². The number of carbonyl (C=O) groups excluding carboxylic acids is 1. The average Bonchev–Trinajstić information content (AvgIpc) is 2.81. The summed E-state index contributed by atoms with van der Waals surface area (Å²) in [6.45, 7) is 6.54. The number of hydrogen-bond donors (Lipinski definition) is 0. The Hall–Kier alpha value is -2.25. The molecule has 2 aromatic heterocycles. The molecule has 130 valence electrons. The maximum Gasteiger partial charge on any atom is 0.417 e. The number of halogens is 3. The summed E-state index contributed by atoms with van der Waals surface area (Å²) in [6.07, 6.45) is -4.01. The van der Waals surface area contributed by atoms with Gasteiger partial charge in [0.2, 0.25) is 0 Å². The number of hydrogen-bond acceptors (Lipinski definition) is 3. The van der Waals surface area contributed by atoms with Crippen LogP contribution in [0.15, 0.2) is 18.3 Å². The highest BCUT2D eigenvalue weighted by molar-refractivity contribution is 5.79. The Morgan fingerprint density at radius 3 is 2.54 bits per heavy atom. The largest absolute Gasteiger partial charge is 0.444 e. The zero-order chi connectivity index (χ0) is 17.7. The van der Waals surface area contributed by atoms with E-state index in [9.17, 15) is 18.0 Å². The summed E-state index contributed by atoms with van der Waals surface area (Å²) < 4.78 is 45.6. The number of aromatic nitrogens is 2. The van der Waals surface area contributed by atoms with Crippen LogP contribution in [-0.4, -0.2) is 32.7 Å². The van der Waals surface area contributed by atoms with Crippen molar-refractivity contribution in [1.29, 1.82) is 0 Å². The summed E-state index contributed by atoms with van der Waals surface area (Å²) in [7, 11) is 0. The summed E-state index contributed by atoms with van der Waals surface area (Å²) in [5.41, 5.74) is -0.123. The van der Waals surface area contributed by atoms with Crippen molar-refractivity contribution >= 4 is 17.1 Å². The fraction of sp³-hybridized carbons (Fsp3) is 0.500. The smallest absolute Gasteiger partial charge is 0.417 e. The monoisotopic (exact) mass is 341 g/mol. The molecule has 0 saturated heterocycles. The SMILES string of the molecule is CC(C)(C)OC(=O)N1CCn2c(cc3cc(C(F)(F)F)cnc32)C1. The molecule has 24 heavy (non-hydrogen) atoms. The summed E-state index contributed by atoms with van der Waals surface area (Å²) in [4.78, 5) is 17.7. The highest BCUT2D eigenvalue weighted by atomic mass is 19.4. The fourth-order valence-corrected chi connectivity index (χ4v) is 2.71. The Labute approximate surface area is 137 Å². The first-order chi connectivity index (χ1) is 11.0. The van der Waals surface area contributed by atoms with Crippen molar-refractivity contribution in [3.05, 3.63) is 29.6 Å². The zero-order valence-corrected chi connectivity index (χ0v) is 13.6. The van der Waals surface area contributed by atoms with E-state index in [1.807, 2.05) is 4.57 Å². The molecule has 3 rings (SSSR count). The Balaban J connectivity index is 1.88. The molecule has 3 heterocycles. The number of fused-ring (bicyclic) bond motifs is 3. The van der Waals surface area contributed by atoms with Crippen molar-refractivity contribution in [2.75, 3.05) is 6.54 Å². The lowest BCUT2D eigenvalue weighted by atomic mass is 10.2. The molecule has 0 unspecified atom stereocenters. The molecule has 0 fully saturated rings. The van der Waals surface area contributed by atoms with Crippen molar-refractivity contribution in [3.63, 3.8) is 0 Å². The van der Waals surface area contributed by atoms with Crippen LogP contribution in [0, 0.1) is 0 Å². The summed E-state index contributed by atoms with van der Waals surface area (Å²) in [6, 6.07) is 2.74. The van der Waals surface area contributed by atoms with Crippen LogP contribution in [0.2, 0.25) is 0 Å². The molecule has 0 spiro atoms. The van der Waals surface area contributed by atoms with Crippen molar-refractivity contribution < 1.29 is 22.7 Å². The van der Waals surface area contributed by atoms with Gasteiger partial charge in [0.1, 0.15) is 11.2 Å². The fourth-order valence-electron chi connectivity index (χ4n) is 2.71. The van der Waals surface area contributed by atoms with Gasteiger partial charge >= 0.3 is 12.3 Å². The van der Waals surface area contributed by atoms with Crippen molar-refractivity contribution in [2.45, 2.75) is 45.6 Å². The summed E-state index contributed by atoms with van der Waals surface area (Å²) >= 11 is 0. The first kappa shape index (κ1) is 16.6. The van der Waals surface area contributed by atoms with Gasteiger partial charge in [0.05, 0.1) is 12.1 Å². The van der Waals surface area contributed by atoms with Crippen molar-refractivity contribution in [3.8, 4) is 0 Å². The number of rotatable bonds is 0. The molecule has 0 bridgehead atoms. The van der Waals surface area contributed by atoms with Gasteiger partial charge in [-0.1, -0.05) is 0 Å². The minimum Gasteiger partial charge on any atom is -0.444 e. The minimum atomic E-state index is -4.42. The van der Waals surface area contributed by atoms with Crippen LogP contribution in [0.3, 0.4) is 0 Å². The number of pyridine rings is 1. The minimum absolute atomic E-state index is 0.284. The molecule has 1 aliphatic heterocycles. The second-order valence-electron chi connectivity index (χ2n) is 6.82. The Bertz CT molecular complexity index is 790. The second-order valence-corrected chi connectivity index (χ2v) is 6.82. The van der Waals surface area contributed by atoms with Crippen LogP contribution in [0.25, 0.3) is 11.0 Å². The molecular weight excluding hydrogens is 323 g/mol. The van der Waals surface area contributed by atoms with E-state index in [-0.39, 0.29) is 6.54 Å². The van der Waals surface area contributed by atoms with E-state index < -0.39 is 23.4 Å². The van der Waals surface area contributed by atoms with Gasteiger partial charge < -0.3 is 14.2 Å². The summed E-state index contributed by atoms with van der Waals surface area (Å²) in [5, 5.41) is 0.422. The van der Waals surface area contributed by atoms with Crippen LogP contribution in [-0.2, 0) is 24.0 Å². The number of carbonyl (C=O) groups is 1. The first-order valence-electron chi connectivity index (χ1n) is 7.58. The number of alkyl halides is 3. The molecule has 0 radical (unpaired) electrons. The Morgan fingerprint density at radius 2 is 1.92 bits per heavy atom. The molecule has 1 aliphatic rings. The molecule has 0 saturated carbocycles. The predicted molar refractivity (Wildman–Crippen MR) is 81.4 cm³/mol. The van der Waals surface area contributed by atoms with Gasteiger partial charge in [-0.2, -0.15) is 13.2 Å². The van der Waals surface area contributed by atoms with Gasteiger partial charge in [0.25, 0.3) is 0 Å². The molecule has 2 aromatic rings. The predicted octanol–water partition coefficient (Wildman–Crippen LogP) is 3.81. The Morgan fingerprint density at radius 1 is 1.21 bits per heavy atom. The maximum atomic E-state index is 12.8. The van der Waals surface area contributed by atoms with E-state index in [0.717, 1.165) is 18.0 Å². The van der Waals surface area contributed by atoms with E-state index in [4.69, 9.17) is 4.74 Å². The third-order valence-electron chi connectivity index (χ3n) is 3.75. The van der Waals surface area contributed by atoms with Gasteiger partial charge in [0.15, 0.2) is 0 Å². The van der Waals surface area contributed by atoms with Crippen LogP contribution in [0.4, 0.5) is 18.0 Å². The van der Waals surface area contributed by atoms with Gasteiger partial charge in [-0.25, -0.2) is 9.78 Å². The van der Waals surface area contributed by atoms with Crippen LogP contribution in [0.1, 0.15) is 32.0 Å². The van der Waals surface area contributed by atoms with Gasteiger partial charge in [-0.15, -0.1) is 0 Å². The maximum absolute atomic E-state index is 12.8. The van der Waals surface area contributed by atoms with Crippen molar-refractivity contribution in [1.82, 2.24) is 14.5 Å². The molecule has 8 heteroatoms. The van der Waals surface area contributed by atoms with E-state index in [0.29, 0.717) is 24.1 Å². The Kier molecular flexibility index (Phi) is 3.73. The van der Waals surface area contributed by atoms with Gasteiger partial charge in [-0.05, 0) is 32.9 Å². The molecule has 0 atom stereocenters. The zero-order valence-electron chi connectivity index (χ0n) is 13.6. The standard InChI is InChI=1S/C16H18F3N3O2/c1-15(2,3)24-14(23)21-4-5-22-12(9-21)7-10-6-11(16(17,18)19)8-20-13(10)22/h6-8H,4-5,9H2,1-3H3. The van der Waals surface area contributed by atoms with Gasteiger partial charge in [-0.3, -0.25) is 0 Å². The van der Waals surface area contributed by atoms with E-state index >= 15 is 0 Å². The van der Waals surface area contributed by atoms with Gasteiger partial charge in [0, 0.05) is 30.4 Å². The van der Waals surface area contributed by atoms with Crippen LogP contribution >= 0.6 is 0 Å². The van der Waals surface area contributed by atoms with E-state index in [2.05, 4.69) is 4.98 Å². The normalized spacial score (nSPS) is 15.5. The average molecular weight is 341 g/mol. The lowest BCUT2D eigenvalue weighted by Crippen LogP contribution is -2.41. The highest BCUT2D eigenvalue weighted by Crippen LogP contribution is 2.32. The third kappa shape index (κ3) is 3.18. The molecule has 5 nitrogen and oxygen atoms in total. The quantitative estimate of drug-likeness (QED) is 0.732. The molecule has 0 aliphatic carbocycles. The lowest BCUT2D eigenvalue weighted by molar-refractivity contribution is -0.137. The third-order valence-corrected chi connectivity index (χ3v) is 3.75. The number of nitrogens with zero attached hydrogens (tertiary/aromatic N) is 3. The molecule has 0 N–H and O–H groups in total.